The standard InChI is InChI=1S/C14H20N4O2/c1-20-14(19)11-2-3-16-13(8-11)18-6-4-17(5-7-18)12-9-15-10-12/h2-3,8,12,15H,4-7,9-10H2,1H3. The highest BCUT2D eigenvalue weighted by Gasteiger charge is 2.28. The fourth-order valence-electron chi connectivity index (χ4n) is 2.68. The number of rotatable bonds is 3. The minimum absolute atomic E-state index is 0.312. The molecule has 0 saturated carbocycles. The molecule has 1 aromatic rings. The van der Waals surface area contributed by atoms with E-state index in [0.29, 0.717) is 11.6 Å². The van der Waals surface area contributed by atoms with Crippen molar-refractivity contribution in [1.29, 1.82) is 0 Å². The maximum absolute atomic E-state index is 11.6. The summed E-state index contributed by atoms with van der Waals surface area (Å²) >= 11 is 0. The molecule has 6 heteroatoms. The maximum Gasteiger partial charge on any atom is 0.338 e. The molecule has 2 aliphatic heterocycles. The Labute approximate surface area is 118 Å². The summed E-state index contributed by atoms with van der Waals surface area (Å²) in [6, 6.07) is 4.20. The number of carbonyl (C=O) groups excluding carboxylic acids is 1. The van der Waals surface area contributed by atoms with Crippen molar-refractivity contribution < 1.29 is 9.53 Å². The summed E-state index contributed by atoms with van der Waals surface area (Å²) < 4.78 is 4.75. The zero-order valence-electron chi connectivity index (χ0n) is 11.7. The molecule has 3 heterocycles. The Bertz CT molecular complexity index is 482. The Morgan fingerprint density at radius 3 is 2.70 bits per heavy atom. The number of piperazine rings is 1. The van der Waals surface area contributed by atoms with Crippen molar-refractivity contribution in [3.05, 3.63) is 23.9 Å². The largest absolute Gasteiger partial charge is 0.465 e. The van der Waals surface area contributed by atoms with Crippen molar-refractivity contribution >= 4 is 11.8 Å². The number of carbonyl (C=O) groups is 1. The average molecular weight is 276 g/mol. The number of hydrogen-bond donors (Lipinski definition) is 1. The predicted octanol–water partition coefficient (Wildman–Crippen LogP) is -0.0380. The lowest BCUT2D eigenvalue weighted by atomic mass is 10.1. The van der Waals surface area contributed by atoms with Crippen LogP contribution in [0.4, 0.5) is 5.82 Å². The van der Waals surface area contributed by atoms with E-state index in [9.17, 15) is 4.79 Å². The molecule has 0 unspecified atom stereocenters. The van der Waals surface area contributed by atoms with Crippen molar-refractivity contribution in [2.75, 3.05) is 51.3 Å². The van der Waals surface area contributed by atoms with Gasteiger partial charge in [-0.3, -0.25) is 4.90 Å². The van der Waals surface area contributed by atoms with Gasteiger partial charge in [0.05, 0.1) is 12.7 Å². The van der Waals surface area contributed by atoms with Crippen molar-refractivity contribution in [1.82, 2.24) is 15.2 Å². The van der Waals surface area contributed by atoms with Crippen molar-refractivity contribution in [2.45, 2.75) is 6.04 Å². The summed E-state index contributed by atoms with van der Waals surface area (Å²) in [7, 11) is 1.40. The molecule has 6 nitrogen and oxygen atoms in total. The second-order valence-electron chi connectivity index (χ2n) is 5.23. The lowest BCUT2D eigenvalue weighted by molar-refractivity contribution is 0.0600. The summed E-state index contributed by atoms with van der Waals surface area (Å²) in [5.41, 5.74) is 0.558. The summed E-state index contributed by atoms with van der Waals surface area (Å²) in [5.74, 6) is 0.548. The van der Waals surface area contributed by atoms with E-state index in [4.69, 9.17) is 4.74 Å². The molecule has 1 N–H and O–H groups in total. The zero-order chi connectivity index (χ0) is 13.9. The van der Waals surface area contributed by atoms with E-state index in [1.165, 1.54) is 7.11 Å². The highest BCUT2D eigenvalue weighted by atomic mass is 16.5. The van der Waals surface area contributed by atoms with Crippen LogP contribution in [-0.2, 0) is 4.74 Å². The third-order valence-electron chi connectivity index (χ3n) is 4.08. The van der Waals surface area contributed by atoms with E-state index in [2.05, 4.69) is 20.1 Å². The van der Waals surface area contributed by atoms with Crippen LogP contribution < -0.4 is 10.2 Å². The van der Waals surface area contributed by atoms with Crippen molar-refractivity contribution in [3.8, 4) is 0 Å². The summed E-state index contributed by atoms with van der Waals surface area (Å²) in [5, 5.41) is 3.31. The lowest BCUT2D eigenvalue weighted by Crippen LogP contribution is -2.61. The number of hydrogen-bond acceptors (Lipinski definition) is 6. The molecule has 0 amide bonds. The maximum atomic E-state index is 11.6. The molecule has 2 fully saturated rings. The van der Waals surface area contributed by atoms with E-state index in [1.54, 1.807) is 12.3 Å². The second-order valence-corrected chi connectivity index (χ2v) is 5.23. The molecule has 0 aromatic carbocycles. The third kappa shape index (κ3) is 2.62. The smallest absolute Gasteiger partial charge is 0.338 e. The fourth-order valence-corrected chi connectivity index (χ4v) is 2.68. The van der Waals surface area contributed by atoms with Gasteiger partial charge in [-0.1, -0.05) is 0 Å². The molecule has 3 rings (SSSR count). The number of esters is 1. The average Bonchev–Trinajstić information content (AvgIpc) is 2.45. The van der Waals surface area contributed by atoms with Gasteiger partial charge in [0.25, 0.3) is 0 Å². The first-order chi connectivity index (χ1) is 9.78. The second kappa shape index (κ2) is 5.76. The number of ether oxygens (including phenoxy) is 1. The van der Waals surface area contributed by atoms with Crippen molar-refractivity contribution in [2.24, 2.45) is 0 Å². The molecule has 2 saturated heterocycles. The van der Waals surface area contributed by atoms with E-state index in [0.717, 1.165) is 45.1 Å². The molecular formula is C14H20N4O2. The number of pyridine rings is 1. The van der Waals surface area contributed by atoms with E-state index in [1.807, 2.05) is 6.07 Å². The topological polar surface area (TPSA) is 57.7 Å². The number of nitrogens with zero attached hydrogens (tertiary/aromatic N) is 3. The van der Waals surface area contributed by atoms with Gasteiger partial charge in [-0.15, -0.1) is 0 Å². The van der Waals surface area contributed by atoms with Crippen LogP contribution in [-0.4, -0.2) is 68.3 Å². The van der Waals surface area contributed by atoms with Gasteiger partial charge < -0.3 is 15.0 Å². The van der Waals surface area contributed by atoms with Gasteiger partial charge in [-0.05, 0) is 12.1 Å². The molecule has 20 heavy (non-hydrogen) atoms. The highest BCUT2D eigenvalue weighted by molar-refractivity contribution is 5.90. The summed E-state index contributed by atoms with van der Waals surface area (Å²) in [6.07, 6.45) is 1.67. The van der Waals surface area contributed by atoms with Gasteiger partial charge in [0.2, 0.25) is 0 Å². The Morgan fingerprint density at radius 1 is 1.35 bits per heavy atom. The monoisotopic (exact) mass is 276 g/mol. The Balaban J connectivity index is 1.63. The van der Waals surface area contributed by atoms with Gasteiger partial charge in [0.1, 0.15) is 5.82 Å². The van der Waals surface area contributed by atoms with Gasteiger partial charge >= 0.3 is 5.97 Å². The van der Waals surface area contributed by atoms with Crippen LogP contribution in [0.15, 0.2) is 18.3 Å². The van der Waals surface area contributed by atoms with E-state index >= 15 is 0 Å². The van der Waals surface area contributed by atoms with E-state index < -0.39 is 0 Å². The lowest BCUT2D eigenvalue weighted by Gasteiger charge is -2.43. The number of aromatic nitrogens is 1. The van der Waals surface area contributed by atoms with Crippen molar-refractivity contribution in [3.63, 3.8) is 0 Å². The molecule has 2 aliphatic rings. The van der Waals surface area contributed by atoms with E-state index in [-0.39, 0.29) is 5.97 Å². The van der Waals surface area contributed by atoms with Crippen LogP contribution in [0.25, 0.3) is 0 Å². The molecular weight excluding hydrogens is 256 g/mol. The predicted molar refractivity (Wildman–Crippen MR) is 76.0 cm³/mol. The van der Waals surface area contributed by atoms with Gasteiger partial charge in [-0.2, -0.15) is 0 Å². The minimum atomic E-state index is -0.312. The van der Waals surface area contributed by atoms with Gasteiger partial charge in [0, 0.05) is 51.5 Å². The molecule has 0 bridgehead atoms. The first-order valence-electron chi connectivity index (χ1n) is 7.02. The van der Waals surface area contributed by atoms with Crippen LogP contribution in [0.5, 0.6) is 0 Å². The SMILES string of the molecule is COC(=O)c1ccnc(N2CCN(C3CNC3)CC2)c1. The number of nitrogens with one attached hydrogen (secondary N) is 1. The van der Waals surface area contributed by atoms with Crippen LogP contribution in [0.2, 0.25) is 0 Å². The highest BCUT2D eigenvalue weighted by Crippen LogP contribution is 2.17. The minimum Gasteiger partial charge on any atom is -0.465 e. The molecule has 0 aliphatic carbocycles. The Kier molecular flexibility index (Phi) is 3.84. The van der Waals surface area contributed by atoms with Crippen LogP contribution in [0, 0.1) is 0 Å². The molecule has 0 spiro atoms. The summed E-state index contributed by atoms with van der Waals surface area (Å²) in [6.45, 7) is 6.22. The Hall–Kier alpha value is -1.66. The first-order valence-corrected chi connectivity index (χ1v) is 7.02. The third-order valence-corrected chi connectivity index (χ3v) is 4.08. The molecule has 0 atom stereocenters. The van der Waals surface area contributed by atoms with Crippen LogP contribution in [0.1, 0.15) is 10.4 Å². The number of methoxy groups -OCH3 is 1. The zero-order valence-corrected chi connectivity index (χ0v) is 11.7. The van der Waals surface area contributed by atoms with Crippen LogP contribution >= 0.6 is 0 Å². The van der Waals surface area contributed by atoms with Crippen LogP contribution in [0.3, 0.4) is 0 Å². The normalized spacial score (nSPS) is 20.6. The first kappa shape index (κ1) is 13.3. The quantitative estimate of drug-likeness (QED) is 0.782. The molecule has 0 radical (unpaired) electrons. The summed E-state index contributed by atoms with van der Waals surface area (Å²) in [4.78, 5) is 20.7. The van der Waals surface area contributed by atoms with Gasteiger partial charge in [-0.25, -0.2) is 9.78 Å². The molecule has 1 aromatic heterocycles. The Morgan fingerprint density at radius 2 is 2.10 bits per heavy atom. The fraction of sp³-hybridized carbons (Fsp3) is 0.571. The number of anilines is 1. The van der Waals surface area contributed by atoms with Gasteiger partial charge in [0.15, 0.2) is 0 Å². The molecule has 108 valence electrons.